The largest absolute Gasteiger partial charge is 0.482 e. The van der Waals surface area contributed by atoms with Crippen LogP contribution in [0.15, 0.2) is 71.6 Å². The fraction of sp³-hybridized carbons (Fsp3) is 0.136. The Bertz CT molecular complexity index is 1260. The molecule has 3 aromatic rings. The van der Waals surface area contributed by atoms with Crippen molar-refractivity contribution in [2.45, 2.75) is 18.0 Å². The van der Waals surface area contributed by atoms with Crippen molar-refractivity contribution in [3.8, 4) is 5.75 Å². The van der Waals surface area contributed by atoms with E-state index >= 15 is 0 Å². The molecule has 11 heteroatoms. The molecule has 0 aliphatic carbocycles. The molecule has 0 aliphatic rings. The van der Waals surface area contributed by atoms with Crippen LogP contribution in [0.2, 0.25) is 0 Å². The Labute approximate surface area is 187 Å². The van der Waals surface area contributed by atoms with Crippen LogP contribution in [0.3, 0.4) is 0 Å². The number of amides is 1. The second-order valence-corrected chi connectivity index (χ2v) is 8.63. The first-order valence-electron chi connectivity index (χ1n) is 9.43. The number of rotatable bonds is 7. The van der Waals surface area contributed by atoms with Gasteiger partial charge in [-0.2, -0.15) is 13.2 Å². The summed E-state index contributed by atoms with van der Waals surface area (Å²) in [6, 6.07) is 14.1. The molecule has 3 aromatic carbocycles. The van der Waals surface area contributed by atoms with E-state index in [1.165, 1.54) is 48.5 Å². The van der Waals surface area contributed by atoms with Crippen LogP contribution in [0.25, 0.3) is 0 Å². The highest BCUT2D eigenvalue weighted by atomic mass is 32.2. The number of sulfonamides is 1. The summed E-state index contributed by atoms with van der Waals surface area (Å²) in [5.74, 6) is -1.47. The van der Waals surface area contributed by atoms with Crippen molar-refractivity contribution in [1.82, 2.24) is 0 Å². The zero-order chi connectivity index (χ0) is 24.2. The first kappa shape index (κ1) is 24.1. The topological polar surface area (TPSA) is 84.5 Å². The Morgan fingerprint density at radius 1 is 1.00 bits per heavy atom. The zero-order valence-corrected chi connectivity index (χ0v) is 17.9. The molecule has 0 bridgehead atoms. The first-order chi connectivity index (χ1) is 15.4. The third kappa shape index (κ3) is 6.45. The molecule has 0 radical (unpaired) electrons. The van der Waals surface area contributed by atoms with Gasteiger partial charge in [-0.1, -0.05) is 18.2 Å². The molecular formula is C22H18F4N2O4S. The number of para-hydroxylation sites is 2. The van der Waals surface area contributed by atoms with E-state index < -0.39 is 34.5 Å². The molecule has 0 unspecified atom stereocenters. The van der Waals surface area contributed by atoms with E-state index in [0.29, 0.717) is 5.56 Å². The Morgan fingerprint density at radius 3 is 2.33 bits per heavy atom. The monoisotopic (exact) mass is 482 g/mol. The number of alkyl halides is 3. The third-order valence-corrected chi connectivity index (χ3v) is 5.77. The maximum absolute atomic E-state index is 13.1. The minimum Gasteiger partial charge on any atom is -0.482 e. The minimum atomic E-state index is -4.56. The summed E-state index contributed by atoms with van der Waals surface area (Å²) in [4.78, 5) is 12.6. The van der Waals surface area contributed by atoms with Crippen LogP contribution in [0.5, 0.6) is 5.75 Å². The van der Waals surface area contributed by atoms with Gasteiger partial charge in [-0.05, 0) is 61.0 Å². The van der Waals surface area contributed by atoms with E-state index in [0.717, 1.165) is 18.2 Å². The number of hydrogen-bond acceptors (Lipinski definition) is 4. The lowest BCUT2D eigenvalue weighted by Crippen LogP contribution is -2.21. The lowest BCUT2D eigenvalue weighted by Gasteiger charge is -2.15. The van der Waals surface area contributed by atoms with Gasteiger partial charge >= 0.3 is 6.18 Å². The summed E-state index contributed by atoms with van der Waals surface area (Å²) < 4.78 is 83.0. The molecular weight excluding hydrogens is 464 g/mol. The van der Waals surface area contributed by atoms with Crippen molar-refractivity contribution in [1.29, 1.82) is 0 Å². The number of aryl methyl sites for hydroxylation is 1. The number of halogens is 4. The van der Waals surface area contributed by atoms with E-state index in [1.54, 1.807) is 6.92 Å². The Kier molecular flexibility index (Phi) is 6.92. The van der Waals surface area contributed by atoms with Gasteiger partial charge in [-0.15, -0.1) is 0 Å². The van der Waals surface area contributed by atoms with Gasteiger partial charge in [0.15, 0.2) is 6.61 Å². The van der Waals surface area contributed by atoms with Crippen LogP contribution in [0, 0.1) is 12.7 Å². The number of nitrogens with one attached hydrogen (secondary N) is 2. The number of anilines is 2. The van der Waals surface area contributed by atoms with Gasteiger partial charge in [0.1, 0.15) is 11.6 Å². The van der Waals surface area contributed by atoms with E-state index in [1.807, 2.05) is 0 Å². The van der Waals surface area contributed by atoms with E-state index in [4.69, 9.17) is 4.74 Å². The van der Waals surface area contributed by atoms with Gasteiger partial charge in [0.2, 0.25) is 0 Å². The molecule has 0 saturated heterocycles. The standard InChI is InChI=1S/C22H18F4N2O4S/c1-14-6-11-17(33(30,31)28-16-9-7-15(23)8-10-16)12-18(14)21(29)27-19-4-2-3-5-20(19)32-13-22(24,25)26/h2-12,28H,13H2,1H3,(H,27,29). The quantitative estimate of drug-likeness (QED) is 0.458. The van der Waals surface area contributed by atoms with Gasteiger partial charge in [-0.25, -0.2) is 12.8 Å². The molecule has 0 fully saturated rings. The lowest BCUT2D eigenvalue weighted by molar-refractivity contribution is -0.153. The molecule has 0 aliphatic heterocycles. The smallest absolute Gasteiger partial charge is 0.422 e. The summed E-state index contributed by atoms with van der Waals surface area (Å²) in [5.41, 5.74) is 0.534. The van der Waals surface area contributed by atoms with Crippen LogP contribution in [-0.2, 0) is 10.0 Å². The van der Waals surface area contributed by atoms with Crippen LogP contribution in [-0.4, -0.2) is 27.1 Å². The summed E-state index contributed by atoms with van der Waals surface area (Å²) in [7, 11) is -4.11. The summed E-state index contributed by atoms with van der Waals surface area (Å²) in [5, 5.41) is 2.45. The summed E-state index contributed by atoms with van der Waals surface area (Å²) in [6.07, 6.45) is -4.56. The normalized spacial score (nSPS) is 11.7. The number of benzene rings is 3. The zero-order valence-electron chi connectivity index (χ0n) is 17.1. The van der Waals surface area contributed by atoms with Crippen molar-refractivity contribution in [2.75, 3.05) is 16.6 Å². The minimum absolute atomic E-state index is 0.0103. The summed E-state index contributed by atoms with van der Waals surface area (Å²) in [6.45, 7) is 0.0342. The second-order valence-electron chi connectivity index (χ2n) is 6.94. The molecule has 0 saturated carbocycles. The van der Waals surface area contributed by atoms with Gasteiger partial charge < -0.3 is 10.1 Å². The molecule has 3 rings (SSSR count). The molecule has 1 amide bonds. The highest BCUT2D eigenvalue weighted by Crippen LogP contribution is 2.28. The van der Waals surface area contributed by atoms with Crippen molar-refractivity contribution < 1.29 is 35.5 Å². The average Bonchev–Trinajstić information content (AvgIpc) is 2.74. The molecule has 0 atom stereocenters. The van der Waals surface area contributed by atoms with Gasteiger partial charge in [0, 0.05) is 11.3 Å². The molecule has 0 heterocycles. The number of carbonyl (C=O) groups is 1. The van der Waals surface area contributed by atoms with Crippen LogP contribution in [0.1, 0.15) is 15.9 Å². The number of ether oxygens (including phenoxy) is 1. The van der Waals surface area contributed by atoms with E-state index in [2.05, 4.69) is 10.0 Å². The molecule has 0 spiro atoms. The van der Waals surface area contributed by atoms with Gasteiger partial charge in [0.05, 0.1) is 10.6 Å². The van der Waals surface area contributed by atoms with E-state index in [-0.39, 0.29) is 27.6 Å². The van der Waals surface area contributed by atoms with Crippen molar-refractivity contribution >= 4 is 27.3 Å². The fourth-order valence-corrected chi connectivity index (χ4v) is 3.87. The Hall–Kier alpha value is -3.60. The number of hydrogen-bond donors (Lipinski definition) is 2. The summed E-state index contributed by atoms with van der Waals surface area (Å²) >= 11 is 0. The van der Waals surface area contributed by atoms with Crippen molar-refractivity contribution in [3.63, 3.8) is 0 Å². The van der Waals surface area contributed by atoms with Crippen molar-refractivity contribution in [2.24, 2.45) is 0 Å². The van der Waals surface area contributed by atoms with Gasteiger partial charge in [-0.3, -0.25) is 9.52 Å². The van der Waals surface area contributed by atoms with Crippen LogP contribution < -0.4 is 14.8 Å². The molecule has 6 nitrogen and oxygen atoms in total. The third-order valence-electron chi connectivity index (χ3n) is 4.39. The van der Waals surface area contributed by atoms with Crippen molar-refractivity contribution in [3.05, 3.63) is 83.7 Å². The van der Waals surface area contributed by atoms with E-state index in [9.17, 15) is 30.8 Å². The Balaban J connectivity index is 1.84. The fourth-order valence-electron chi connectivity index (χ4n) is 2.79. The SMILES string of the molecule is Cc1ccc(S(=O)(=O)Nc2ccc(F)cc2)cc1C(=O)Nc1ccccc1OCC(F)(F)F. The second kappa shape index (κ2) is 9.49. The maximum Gasteiger partial charge on any atom is 0.422 e. The highest BCUT2D eigenvalue weighted by molar-refractivity contribution is 7.92. The van der Waals surface area contributed by atoms with Crippen LogP contribution >= 0.6 is 0 Å². The lowest BCUT2D eigenvalue weighted by atomic mass is 10.1. The average molecular weight is 482 g/mol. The molecule has 174 valence electrons. The molecule has 2 N–H and O–H groups in total. The molecule has 33 heavy (non-hydrogen) atoms. The predicted octanol–water partition coefficient (Wildman–Crippen LogP) is 5.13. The highest BCUT2D eigenvalue weighted by Gasteiger charge is 2.29. The predicted molar refractivity (Wildman–Crippen MR) is 114 cm³/mol. The Morgan fingerprint density at radius 2 is 1.67 bits per heavy atom. The maximum atomic E-state index is 13.1. The van der Waals surface area contributed by atoms with Gasteiger partial charge in [0.25, 0.3) is 15.9 Å². The molecule has 0 aromatic heterocycles. The van der Waals surface area contributed by atoms with Crippen LogP contribution in [0.4, 0.5) is 28.9 Å². The first-order valence-corrected chi connectivity index (χ1v) is 10.9. The number of carbonyl (C=O) groups excluding carboxylic acids is 1.